The third kappa shape index (κ3) is 7.67. The molecule has 3 atom stereocenters. The van der Waals surface area contributed by atoms with E-state index >= 15 is 0 Å². The van der Waals surface area contributed by atoms with Crippen molar-refractivity contribution in [2.45, 2.75) is 50.0 Å². The molecule has 1 aromatic heterocycles. The monoisotopic (exact) mass is 575 g/mol. The third-order valence-corrected chi connectivity index (χ3v) is 6.75. The highest BCUT2D eigenvalue weighted by atomic mass is 19.4. The zero-order chi connectivity index (χ0) is 29.6. The first-order valence-corrected chi connectivity index (χ1v) is 12.8. The fraction of sp³-hybridized carbons (Fsp3) is 0.370. The molecule has 0 radical (unpaired) electrons. The SMILES string of the molecule is O=CC(C[C@@H]1CCCN1O)NC(=O)CNC(=O)C(Cc1cccc2ccccc12)NC(=O)c1cc(C(F)(F)F)on1. The summed E-state index contributed by atoms with van der Waals surface area (Å²) in [5.74, 6) is -4.03. The number of hydrogen-bond donors (Lipinski definition) is 4. The largest absolute Gasteiger partial charge is 0.452 e. The maximum atomic E-state index is 13.2. The number of halogens is 3. The average molecular weight is 576 g/mol. The van der Waals surface area contributed by atoms with Crippen LogP contribution in [0, 0.1) is 0 Å². The highest BCUT2D eigenvalue weighted by Gasteiger charge is 2.37. The van der Waals surface area contributed by atoms with E-state index in [1.54, 1.807) is 18.2 Å². The van der Waals surface area contributed by atoms with Crippen molar-refractivity contribution in [3.05, 3.63) is 65.5 Å². The van der Waals surface area contributed by atoms with E-state index in [1.165, 1.54) is 0 Å². The summed E-state index contributed by atoms with van der Waals surface area (Å²) in [6.45, 7) is -0.0727. The molecule has 1 aliphatic heterocycles. The summed E-state index contributed by atoms with van der Waals surface area (Å²) in [6, 6.07) is 10.6. The highest BCUT2D eigenvalue weighted by molar-refractivity contribution is 5.97. The van der Waals surface area contributed by atoms with Gasteiger partial charge in [0, 0.05) is 25.1 Å². The van der Waals surface area contributed by atoms with Gasteiger partial charge in [0.15, 0.2) is 5.69 Å². The van der Waals surface area contributed by atoms with Crippen molar-refractivity contribution in [1.29, 1.82) is 0 Å². The molecule has 2 aromatic carbocycles. The molecule has 2 unspecified atom stereocenters. The minimum absolute atomic E-state index is 0.0600. The molecule has 11 nitrogen and oxygen atoms in total. The van der Waals surface area contributed by atoms with Crippen LogP contribution in [0.2, 0.25) is 0 Å². The molecule has 0 aliphatic carbocycles. The van der Waals surface area contributed by atoms with Crippen molar-refractivity contribution in [3.8, 4) is 0 Å². The molecule has 1 saturated heterocycles. The van der Waals surface area contributed by atoms with E-state index in [0.717, 1.165) is 22.3 Å². The Morgan fingerprint density at radius 3 is 2.59 bits per heavy atom. The van der Waals surface area contributed by atoms with Crippen molar-refractivity contribution in [3.63, 3.8) is 0 Å². The molecule has 4 rings (SSSR count). The Morgan fingerprint density at radius 1 is 1.15 bits per heavy atom. The van der Waals surface area contributed by atoms with E-state index < -0.39 is 54.0 Å². The van der Waals surface area contributed by atoms with Crippen LogP contribution in [0.4, 0.5) is 13.2 Å². The van der Waals surface area contributed by atoms with Crippen LogP contribution in [0.3, 0.4) is 0 Å². The van der Waals surface area contributed by atoms with Gasteiger partial charge in [-0.3, -0.25) is 14.4 Å². The Bertz CT molecular complexity index is 1410. The molecule has 3 amide bonds. The molecule has 4 N–H and O–H groups in total. The molecule has 41 heavy (non-hydrogen) atoms. The van der Waals surface area contributed by atoms with Crippen molar-refractivity contribution < 1.29 is 42.1 Å². The van der Waals surface area contributed by atoms with Crippen LogP contribution in [0.5, 0.6) is 0 Å². The Hall–Kier alpha value is -4.30. The van der Waals surface area contributed by atoms with Gasteiger partial charge in [0.05, 0.1) is 12.6 Å². The first-order valence-electron chi connectivity index (χ1n) is 12.8. The van der Waals surface area contributed by atoms with E-state index in [-0.39, 0.29) is 18.9 Å². The minimum atomic E-state index is -4.86. The van der Waals surface area contributed by atoms with Crippen molar-refractivity contribution in [2.75, 3.05) is 13.1 Å². The maximum Gasteiger partial charge on any atom is 0.452 e. The van der Waals surface area contributed by atoms with Crippen LogP contribution in [0.15, 0.2) is 53.1 Å². The molecule has 1 fully saturated rings. The number of amides is 3. The number of hydroxylamine groups is 2. The van der Waals surface area contributed by atoms with Gasteiger partial charge < -0.3 is 30.5 Å². The predicted octanol–water partition coefficient (Wildman–Crippen LogP) is 2.23. The van der Waals surface area contributed by atoms with E-state index in [0.29, 0.717) is 30.9 Å². The fourth-order valence-electron chi connectivity index (χ4n) is 4.70. The lowest BCUT2D eigenvalue weighted by molar-refractivity contribution is -0.155. The number of nitrogens with one attached hydrogen (secondary N) is 3. The number of rotatable bonds is 11. The molecule has 218 valence electrons. The van der Waals surface area contributed by atoms with Gasteiger partial charge in [0.2, 0.25) is 17.6 Å². The molecule has 3 aromatic rings. The third-order valence-electron chi connectivity index (χ3n) is 6.75. The van der Waals surface area contributed by atoms with Crippen molar-refractivity contribution in [2.24, 2.45) is 0 Å². The normalized spacial score (nSPS) is 17.1. The first kappa shape index (κ1) is 29.7. The predicted molar refractivity (Wildman–Crippen MR) is 138 cm³/mol. The first-order chi connectivity index (χ1) is 19.5. The lowest BCUT2D eigenvalue weighted by Crippen LogP contribution is -2.51. The second-order valence-electron chi connectivity index (χ2n) is 9.67. The van der Waals surface area contributed by atoms with Crippen LogP contribution in [0.1, 0.15) is 41.1 Å². The number of hydrogen-bond acceptors (Lipinski definition) is 8. The Kier molecular flexibility index (Phi) is 9.35. The van der Waals surface area contributed by atoms with Crippen LogP contribution < -0.4 is 16.0 Å². The summed E-state index contributed by atoms with van der Waals surface area (Å²) >= 11 is 0. The summed E-state index contributed by atoms with van der Waals surface area (Å²) in [5, 5.41) is 23.0. The van der Waals surface area contributed by atoms with Gasteiger partial charge in [0.1, 0.15) is 12.3 Å². The van der Waals surface area contributed by atoms with Gasteiger partial charge in [-0.2, -0.15) is 18.2 Å². The van der Waals surface area contributed by atoms with Gasteiger partial charge in [-0.15, -0.1) is 0 Å². The quantitative estimate of drug-likeness (QED) is 0.254. The van der Waals surface area contributed by atoms with Gasteiger partial charge in [0.25, 0.3) is 5.91 Å². The zero-order valence-corrected chi connectivity index (χ0v) is 21.7. The summed E-state index contributed by atoms with van der Waals surface area (Å²) in [6.07, 6.45) is -2.76. The molecule has 0 saturated carbocycles. The molecule has 2 heterocycles. The Balaban J connectivity index is 1.45. The lowest BCUT2D eigenvalue weighted by atomic mass is 9.98. The number of alkyl halides is 3. The van der Waals surface area contributed by atoms with Gasteiger partial charge >= 0.3 is 6.18 Å². The highest BCUT2D eigenvalue weighted by Crippen LogP contribution is 2.29. The van der Waals surface area contributed by atoms with Gasteiger partial charge in [-0.25, -0.2) is 0 Å². The molecule has 0 spiro atoms. The van der Waals surface area contributed by atoms with Crippen molar-refractivity contribution >= 4 is 34.8 Å². The standard InChI is InChI=1S/C27H28F3N5O6/c28-27(29,30)23-13-22(34-41-23)26(39)33-21(11-17-7-3-6-16-5-1-2-9-20(16)17)25(38)31-14-24(37)32-18(15-36)12-19-8-4-10-35(19)40/h1-3,5-7,9,13,15,18-19,21,40H,4,8,10-12,14H2,(H,31,38)(H,32,37)(H,33,39)/t18?,19-,21?/m0/s1. The summed E-state index contributed by atoms with van der Waals surface area (Å²) in [7, 11) is 0. The summed E-state index contributed by atoms with van der Waals surface area (Å²) in [5.41, 5.74) is -0.0141. The zero-order valence-electron chi connectivity index (χ0n) is 21.7. The molecule has 14 heteroatoms. The number of benzene rings is 2. The second-order valence-corrected chi connectivity index (χ2v) is 9.67. The molecule has 1 aliphatic rings. The summed E-state index contributed by atoms with van der Waals surface area (Å²) < 4.78 is 42.9. The van der Waals surface area contributed by atoms with Gasteiger partial charge in [-0.1, -0.05) is 47.6 Å². The lowest BCUT2D eigenvalue weighted by Gasteiger charge is -2.22. The van der Waals surface area contributed by atoms with E-state index in [9.17, 15) is 37.6 Å². The average Bonchev–Trinajstić information content (AvgIpc) is 3.61. The number of aldehydes is 1. The second kappa shape index (κ2) is 12.9. The number of fused-ring (bicyclic) bond motifs is 1. The Labute approximate surface area is 232 Å². The molecular formula is C27H28F3N5O6. The minimum Gasteiger partial charge on any atom is -0.351 e. The summed E-state index contributed by atoms with van der Waals surface area (Å²) in [4.78, 5) is 49.9. The maximum absolute atomic E-state index is 13.2. The Morgan fingerprint density at radius 2 is 1.90 bits per heavy atom. The fourth-order valence-corrected chi connectivity index (χ4v) is 4.70. The number of aromatic nitrogens is 1. The van der Waals surface area contributed by atoms with Crippen LogP contribution >= 0.6 is 0 Å². The number of nitrogens with zero attached hydrogens (tertiary/aromatic N) is 2. The van der Waals surface area contributed by atoms with Crippen LogP contribution in [-0.2, 0) is 27.0 Å². The van der Waals surface area contributed by atoms with E-state index in [2.05, 4.69) is 25.6 Å². The topological polar surface area (TPSA) is 154 Å². The van der Waals surface area contributed by atoms with Crippen LogP contribution in [-0.4, -0.2) is 70.6 Å². The van der Waals surface area contributed by atoms with Crippen LogP contribution in [0.25, 0.3) is 10.8 Å². The molecule has 0 bridgehead atoms. The smallest absolute Gasteiger partial charge is 0.351 e. The molecular weight excluding hydrogens is 547 g/mol. The number of carbonyl (C=O) groups excluding carboxylic acids is 4. The van der Waals surface area contributed by atoms with Crippen molar-refractivity contribution in [1.82, 2.24) is 26.2 Å². The van der Waals surface area contributed by atoms with Gasteiger partial charge in [-0.05, 0) is 35.6 Å². The van der Waals surface area contributed by atoms with E-state index in [4.69, 9.17) is 0 Å². The van der Waals surface area contributed by atoms with E-state index in [1.807, 2.05) is 24.3 Å². The number of carbonyl (C=O) groups is 4.